The van der Waals surface area contributed by atoms with Crippen LogP contribution in [0.4, 0.5) is 5.69 Å². The summed E-state index contributed by atoms with van der Waals surface area (Å²) >= 11 is 0. The van der Waals surface area contributed by atoms with Gasteiger partial charge >= 0.3 is 0 Å². The van der Waals surface area contributed by atoms with Gasteiger partial charge in [-0.25, -0.2) is 0 Å². The van der Waals surface area contributed by atoms with E-state index in [0.717, 1.165) is 37.3 Å². The largest absolute Gasteiger partial charge is 0.493 e. The van der Waals surface area contributed by atoms with Crippen LogP contribution in [0.5, 0.6) is 11.5 Å². The molecule has 6 heteroatoms. The number of likely N-dealkylation sites (N-methyl/N-ethyl adjacent to an activating group) is 1. The van der Waals surface area contributed by atoms with Gasteiger partial charge in [-0.2, -0.15) is 0 Å². The molecule has 0 aliphatic carbocycles. The van der Waals surface area contributed by atoms with Crippen LogP contribution in [-0.2, 0) is 11.3 Å². The predicted octanol–water partition coefficient (Wildman–Crippen LogP) is 1.99. The molecule has 2 aromatic rings. The third-order valence-electron chi connectivity index (χ3n) is 6.46. The molecular weight excluding hydrogens is 390 g/mol. The summed E-state index contributed by atoms with van der Waals surface area (Å²) in [5.41, 5.74) is 6.17. The zero-order valence-electron chi connectivity index (χ0n) is 19.7. The van der Waals surface area contributed by atoms with Crippen molar-refractivity contribution in [2.75, 3.05) is 58.9 Å². The maximum absolute atomic E-state index is 12.9. The fourth-order valence-corrected chi connectivity index (χ4v) is 4.20. The van der Waals surface area contributed by atoms with Crippen molar-refractivity contribution >= 4 is 11.6 Å². The van der Waals surface area contributed by atoms with Gasteiger partial charge in [0, 0.05) is 19.3 Å². The monoisotopic (exact) mass is 426 g/mol. The van der Waals surface area contributed by atoms with Crippen LogP contribution < -0.4 is 19.3 Å². The molecule has 6 nitrogen and oxygen atoms in total. The van der Waals surface area contributed by atoms with Gasteiger partial charge in [0.2, 0.25) is 0 Å². The van der Waals surface area contributed by atoms with Gasteiger partial charge in [-0.1, -0.05) is 12.1 Å². The average Bonchev–Trinajstić information content (AvgIpc) is 2.77. The average molecular weight is 427 g/mol. The molecule has 1 aliphatic rings. The number of rotatable bonds is 7. The molecule has 1 saturated heterocycles. The summed E-state index contributed by atoms with van der Waals surface area (Å²) in [7, 11) is 5.15. The fraction of sp³-hybridized carbons (Fsp3) is 0.480. The van der Waals surface area contributed by atoms with Crippen molar-refractivity contribution in [3.63, 3.8) is 0 Å². The Morgan fingerprint density at radius 1 is 1.03 bits per heavy atom. The number of methoxy groups -OCH3 is 2. The van der Waals surface area contributed by atoms with Gasteiger partial charge in [0.05, 0.1) is 40.4 Å². The second kappa shape index (κ2) is 10.1. The van der Waals surface area contributed by atoms with Crippen molar-refractivity contribution in [2.45, 2.75) is 27.3 Å². The van der Waals surface area contributed by atoms with Crippen LogP contribution in [0.3, 0.4) is 0 Å². The molecule has 2 aromatic carbocycles. The zero-order valence-corrected chi connectivity index (χ0v) is 19.7. The van der Waals surface area contributed by atoms with E-state index in [9.17, 15) is 4.79 Å². The van der Waals surface area contributed by atoms with Crippen LogP contribution in [0.2, 0.25) is 0 Å². The fourth-order valence-electron chi connectivity index (χ4n) is 4.20. The smallest absolute Gasteiger partial charge is 0.277 e. The van der Waals surface area contributed by atoms with Crippen molar-refractivity contribution in [2.24, 2.45) is 0 Å². The minimum Gasteiger partial charge on any atom is -0.493 e. The van der Waals surface area contributed by atoms with E-state index in [-0.39, 0.29) is 5.91 Å². The van der Waals surface area contributed by atoms with Gasteiger partial charge in [-0.15, -0.1) is 0 Å². The molecule has 0 aromatic heterocycles. The zero-order chi connectivity index (χ0) is 22.5. The van der Waals surface area contributed by atoms with Crippen molar-refractivity contribution in [1.29, 1.82) is 0 Å². The van der Waals surface area contributed by atoms with E-state index in [1.807, 2.05) is 31.0 Å². The molecule has 0 radical (unpaired) electrons. The van der Waals surface area contributed by atoms with Gasteiger partial charge in [0.1, 0.15) is 0 Å². The molecule has 168 valence electrons. The second-order valence-corrected chi connectivity index (χ2v) is 8.52. The van der Waals surface area contributed by atoms with Gasteiger partial charge in [0.15, 0.2) is 18.0 Å². The Hall–Kier alpha value is -2.73. The predicted molar refractivity (Wildman–Crippen MR) is 124 cm³/mol. The number of hydrogen-bond donors (Lipinski definition) is 1. The topological polar surface area (TPSA) is 46.5 Å². The summed E-state index contributed by atoms with van der Waals surface area (Å²) in [5.74, 6) is 1.57. The number of amides is 1. The summed E-state index contributed by atoms with van der Waals surface area (Å²) in [4.78, 5) is 18.5. The number of hydrogen-bond acceptors (Lipinski definition) is 4. The van der Waals surface area contributed by atoms with Crippen molar-refractivity contribution in [1.82, 2.24) is 4.90 Å². The second-order valence-electron chi connectivity index (χ2n) is 8.52. The number of anilines is 1. The SMILES string of the molecule is COc1cc(C)c(CN(C)C(=O)C[NH+]2CCN(c3cccc(C)c3C)CC2)cc1OC. The number of carbonyl (C=O) groups excluding carboxylic acids is 1. The third-order valence-corrected chi connectivity index (χ3v) is 6.46. The molecule has 1 aliphatic heterocycles. The summed E-state index contributed by atoms with van der Waals surface area (Å²) in [5, 5.41) is 0. The molecule has 1 amide bonds. The molecule has 0 saturated carbocycles. The van der Waals surface area contributed by atoms with Crippen molar-refractivity contribution in [3.05, 3.63) is 52.6 Å². The number of carbonyl (C=O) groups is 1. The third kappa shape index (κ3) is 5.31. The van der Waals surface area contributed by atoms with Crippen molar-refractivity contribution < 1.29 is 19.2 Å². The highest BCUT2D eigenvalue weighted by molar-refractivity contribution is 5.77. The highest BCUT2D eigenvalue weighted by atomic mass is 16.5. The standard InChI is InChI=1S/C25H35N3O3/c1-18-8-7-9-22(20(18)3)28-12-10-27(11-13-28)17-25(29)26(4)16-21-15-24(31-6)23(30-5)14-19(21)2/h7-9,14-15H,10-13,16-17H2,1-6H3/p+1. The van der Waals surface area contributed by atoms with Crippen LogP contribution in [0.1, 0.15) is 22.3 Å². The van der Waals surface area contributed by atoms with E-state index >= 15 is 0 Å². The Balaban J connectivity index is 1.56. The van der Waals surface area contributed by atoms with Crippen LogP contribution in [0.25, 0.3) is 0 Å². The van der Waals surface area contributed by atoms with Crippen LogP contribution in [0.15, 0.2) is 30.3 Å². The molecule has 31 heavy (non-hydrogen) atoms. The minimum atomic E-state index is 0.171. The highest BCUT2D eigenvalue weighted by Crippen LogP contribution is 2.30. The van der Waals surface area contributed by atoms with E-state index in [2.05, 4.69) is 36.9 Å². The van der Waals surface area contributed by atoms with Gasteiger partial charge in [-0.05, 0) is 61.2 Å². The molecule has 1 N–H and O–H groups in total. The summed E-state index contributed by atoms with van der Waals surface area (Å²) < 4.78 is 10.8. The number of aryl methyl sites for hydroxylation is 2. The first-order valence-corrected chi connectivity index (χ1v) is 10.9. The minimum absolute atomic E-state index is 0.171. The molecule has 0 atom stereocenters. The normalized spacial score (nSPS) is 14.5. The first-order chi connectivity index (χ1) is 14.8. The highest BCUT2D eigenvalue weighted by Gasteiger charge is 2.25. The number of nitrogens with one attached hydrogen (secondary N) is 1. The number of benzene rings is 2. The molecule has 1 heterocycles. The summed E-state index contributed by atoms with van der Waals surface area (Å²) in [6.45, 7) is 11.4. The quantitative estimate of drug-likeness (QED) is 0.736. The summed E-state index contributed by atoms with van der Waals surface area (Å²) in [6.07, 6.45) is 0. The Bertz CT molecular complexity index is 920. The molecule has 0 unspecified atom stereocenters. The number of piperazine rings is 1. The van der Waals surface area contributed by atoms with E-state index in [0.29, 0.717) is 24.6 Å². The lowest BCUT2D eigenvalue weighted by atomic mass is 10.1. The molecule has 0 spiro atoms. The van der Waals surface area contributed by atoms with Gasteiger partial charge in [0.25, 0.3) is 5.91 Å². The van der Waals surface area contributed by atoms with E-state index in [4.69, 9.17) is 9.47 Å². The summed E-state index contributed by atoms with van der Waals surface area (Å²) in [6, 6.07) is 10.4. The van der Waals surface area contributed by atoms with Crippen molar-refractivity contribution in [3.8, 4) is 11.5 Å². The molecule has 1 fully saturated rings. The Kier molecular flexibility index (Phi) is 7.44. The maximum Gasteiger partial charge on any atom is 0.277 e. The number of quaternary nitrogens is 1. The molecule has 0 bridgehead atoms. The lowest BCUT2D eigenvalue weighted by Gasteiger charge is -2.35. The molecule has 3 rings (SSSR count). The Morgan fingerprint density at radius 2 is 1.68 bits per heavy atom. The molecular formula is C25H36N3O3+. The van der Waals surface area contributed by atoms with E-state index in [1.165, 1.54) is 21.7 Å². The number of nitrogens with zero attached hydrogens (tertiary/aromatic N) is 2. The Labute approximate surface area is 186 Å². The first-order valence-electron chi connectivity index (χ1n) is 10.9. The maximum atomic E-state index is 12.9. The van der Waals surface area contributed by atoms with E-state index in [1.54, 1.807) is 14.2 Å². The first kappa shape index (κ1) is 22.9. The number of ether oxygens (including phenoxy) is 2. The van der Waals surface area contributed by atoms with Crippen LogP contribution >= 0.6 is 0 Å². The van der Waals surface area contributed by atoms with Gasteiger partial charge in [-0.3, -0.25) is 4.79 Å². The van der Waals surface area contributed by atoms with Crippen LogP contribution in [-0.4, -0.2) is 64.8 Å². The van der Waals surface area contributed by atoms with Gasteiger partial charge < -0.3 is 24.2 Å². The van der Waals surface area contributed by atoms with E-state index < -0.39 is 0 Å². The lowest BCUT2D eigenvalue weighted by Crippen LogP contribution is -3.15. The Morgan fingerprint density at radius 3 is 2.32 bits per heavy atom. The lowest BCUT2D eigenvalue weighted by molar-refractivity contribution is -0.892. The van der Waals surface area contributed by atoms with Crippen LogP contribution in [0, 0.1) is 20.8 Å².